The van der Waals surface area contributed by atoms with Crippen LogP contribution in [0.3, 0.4) is 0 Å². The number of unbranched alkanes of at least 4 members (excludes halogenated alkanes) is 2. The van der Waals surface area contributed by atoms with Crippen LogP contribution in [0.15, 0.2) is 74.9 Å². The monoisotopic (exact) mass is 712 g/mol. The fourth-order valence-corrected chi connectivity index (χ4v) is 6.61. The Labute approximate surface area is 279 Å². The molecule has 0 bridgehead atoms. The molecule has 2 heterocycles. The summed E-state index contributed by atoms with van der Waals surface area (Å²) >= 11 is 0. The first-order valence-corrected chi connectivity index (χ1v) is 17.1. The van der Waals surface area contributed by atoms with Gasteiger partial charge in [0.1, 0.15) is 30.0 Å². The van der Waals surface area contributed by atoms with Gasteiger partial charge in [0.15, 0.2) is 11.3 Å². The molecule has 258 valence electrons. The van der Waals surface area contributed by atoms with E-state index < -0.39 is 58.4 Å². The second kappa shape index (κ2) is 14.4. The molecule has 0 aromatic heterocycles. The van der Waals surface area contributed by atoms with Gasteiger partial charge in [-0.1, -0.05) is 18.2 Å². The topological polar surface area (TPSA) is 281 Å². The van der Waals surface area contributed by atoms with E-state index in [-0.39, 0.29) is 45.4 Å². The second-order valence-electron chi connectivity index (χ2n) is 10.6. The van der Waals surface area contributed by atoms with Gasteiger partial charge in [0.05, 0.1) is 16.6 Å². The summed E-state index contributed by atoms with van der Waals surface area (Å²) in [5.74, 6) is -2.56. The minimum Gasteiger partial charge on any atom is -0.744 e. The Morgan fingerprint density at radius 1 is 0.898 bits per heavy atom. The molecule has 3 amide bonds. The number of anilines is 1. The van der Waals surface area contributed by atoms with Gasteiger partial charge in [-0.25, -0.2) is 21.6 Å². The highest BCUT2D eigenvalue weighted by molar-refractivity contribution is 7.86. The highest BCUT2D eigenvalue weighted by Crippen LogP contribution is 2.45. The lowest BCUT2D eigenvalue weighted by molar-refractivity contribution is -0.136. The standard InChI is InChI=1S/C20H14N2O9S2.C11H16N2O3/c21-13-7-5-11-15(9-3-1-2-4-10(9)20(23)24)12-6-8-14(22)19(33(28,29)30)17(12)31-16(11)18(13)32(25,26)27;1-9(14)12-7-3-2-4-8-13-10(15)5-6-11(13)16/h1-8,21H,22H2,(H,23,24)(H,25,26,27)(H,28,29,30);5-6H,2-4,7-8H2,1H3,(H,12,14)/p-2. The van der Waals surface area contributed by atoms with E-state index in [0.717, 1.165) is 31.4 Å². The van der Waals surface area contributed by atoms with Gasteiger partial charge in [0.2, 0.25) is 5.91 Å². The number of hydrogen-bond acceptors (Lipinski definition) is 13. The zero-order chi connectivity index (χ0) is 36.3. The third kappa shape index (κ3) is 8.00. The number of nitrogens with zero attached hydrogens (tertiary/aromatic N) is 1. The lowest BCUT2D eigenvalue weighted by Crippen LogP contribution is -2.31. The maximum absolute atomic E-state index is 12.0. The SMILES string of the molecule is CC(=O)NCCCCCN1C(=O)C=CC1=O.N=c1ccc2c(-c3ccccc3C(=O)O)c3ccc(N)c(S(=O)(=O)[O-])c3oc-2c1S(=O)(=O)[O-]. The Kier molecular flexibility index (Phi) is 10.7. The molecule has 18 heteroatoms. The number of benzene rings is 3. The maximum atomic E-state index is 12.0. The van der Waals surface area contributed by atoms with Crippen LogP contribution in [0.4, 0.5) is 5.69 Å². The molecule has 2 aromatic carbocycles. The largest absolute Gasteiger partial charge is 0.744 e. The smallest absolute Gasteiger partial charge is 0.336 e. The van der Waals surface area contributed by atoms with Crippen molar-refractivity contribution in [2.45, 2.75) is 36.0 Å². The van der Waals surface area contributed by atoms with Gasteiger partial charge in [-0.15, -0.1) is 0 Å². The summed E-state index contributed by atoms with van der Waals surface area (Å²) in [4.78, 5) is 43.8. The second-order valence-corrected chi connectivity index (χ2v) is 13.3. The van der Waals surface area contributed by atoms with Crippen molar-refractivity contribution < 1.29 is 54.6 Å². The summed E-state index contributed by atoms with van der Waals surface area (Å²) in [5.41, 5.74) is 4.15. The summed E-state index contributed by atoms with van der Waals surface area (Å²) in [5, 5.41) is 19.4. The highest BCUT2D eigenvalue weighted by atomic mass is 32.2. The summed E-state index contributed by atoms with van der Waals surface area (Å²) in [6, 6.07) is 10.2. The molecule has 1 aliphatic carbocycles. The van der Waals surface area contributed by atoms with E-state index in [0.29, 0.717) is 13.1 Å². The number of carboxylic acid groups (broad SMARTS) is 1. The number of carboxylic acids is 1. The molecule has 16 nitrogen and oxygen atoms in total. The fourth-order valence-electron chi connectivity index (χ4n) is 5.16. The van der Waals surface area contributed by atoms with Gasteiger partial charge in [-0.3, -0.25) is 24.7 Å². The number of imide groups is 1. The number of fused-ring (bicyclic) bond motifs is 2. The van der Waals surface area contributed by atoms with Crippen molar-refractivity contribution in [3.63, 3.8) is 0 Å². The van der Waals surface area contributed by atoms with Crippen LogP contribution in [0, 0.1) is 5.41 Å². The predicted octanol–water partition coefficient (Wildman–Crippen LogP) is 1.99. The van der Waals surface area contributed by atoms with Gasteiger partial charge in [-0.2, -0.15) is 0 Å². The van der Waals surface area contributed by atoms with Crippen LogP contribution in [0.25, 0.3) is 33.4 Å². The first kappa shape index (κ1) is 36.4. The van der Waals surface area contributed by atoms with Crippen molar-refractivity contribution in [2.24, 2.45) is 0 Å². The molecule has 0 spiro atoms. The van der Waals surface area contributed by atoms with Crippen molar-refractivity contribution in [1.82, 2.24) is 10.2 Å². The van der Waals surface area contributed by atoms with Gasteiger partial charge in [-0.05, 0) is 55.2 Å². The van der Waals surface area contributed by atoms with Crippen LogP contribution in [-0.4, -0.2) is 72.7 Å². The predicted molar refractivity (Wildman–Crippen MR) is 170 cm³/mol. The summed E-state index contributed by atoms with van der Waals surface area (Å²) in [6.07, 6.45) is 5.11. The molecule has 49 heavy (non-hydrogen) atoms. The number of carbonyl (C=O) groups excluding carboxylic acids is 3. The molecule has 0 unspecified atom stereocenters. The molecular weight excluding hydrogens is 684 g/mol. The van der Waals surface area contributed by atoms with E-state index in [1.807, 2.05) is 0 Å². The normalized spacial score (nSPS) is 13.1. The van der Waals surface area contributed by atoms with Crippen LogP contribution >= 0.6 is 0 Å². The zero-order valence-electron chi connectivity index (χ0n) is 25.6. The van der Waals surface area contributed by atoms with Crippen molar-refractivity contribution in [3.8, 4) is 22.5 Å². The maximum Gasteiger partial charge on any atom is 0.336 e. The van der Waals surface area contributed by atoms with E-state index in [9.17, 15) is 50.2 Å². The Balaban J connectivity index is 0.000000284. The van der Waals surface area contributed by atoms with E-state index in [4.69, 9.17) is 15.6 Å². The van der Waals surface area contributed by atoms with E-state index in [1.165, 1.54) is 60.4 Å². The van der Waals surface area contributed by atoms with E-state index in [1.54, 1.807) is 0 Å². The molecule has 5 rings (SSSR count). The number of hydrogen-bond donors (Lipinski definition) is 4. The fraction of sp³-hybridized carbons (Fsp3) is 0.194. The number of amides is 3. The molecule has 0 atom stereocenters. The summed E-state index contributed by atoms with van der Waals surface area (Å²) in [7, 11) is -10.6. The average molecular weight is 713 g/mol. The number of nitrogens with one attached hydrogen (secondary N) is 2. The Morgan fingerprint density at radius 2 is 1.53 bits per heavy atom. The minimum atomic E-state index is -5.32. The molecule has 0 fully saturated rings. The Morgan fingerprint density at radius 3 is 2.12 bits per heavy atom. The summed E-state index contributed by atoms with van der Waals surface area (Å²) < 4.78 is 77.2. The highest BCUT2D eigenvalue weighted by Gasteiger charge is 2.28. The zero-order valence-corrected chi connectivity index (χ0v) is 27.2. The summed E-state index contributed by atoms with van der Waals surface area (Å²) in [6.45, 7) is 2.59. The van der Waals surface area contributed by atoms with Crippen molar-refractivity contribution >= 4 is 60.6 Å². The van der Waals surface area contributed by atoms with E-state index in [2.05, 4.69) is 5.32 Å². The van der Waals surface area contributed by atoms with Crippen molar-refractivity contribution in [2.75, 3.05) is 18.8 Å². The Bertz CT molecular complexity index is 2260. The number of aromatic carboxylic acids is 1. The molecule has 2 aliphatic heterocycles. The quantitative estimate of drug-likeness (QED) is 0.0602. The van der Waals surface area contributed by atoms with Crippen LogP contribution in [0.1, 0.15) is 36.5 Å². The lowest BCUT2D eigenvalue weighted by Gasteiger charge is -2.22. The first-order valence-electron chi connectivity index (χ1n) is 14.3. The molecule has 0 radical (unpaired) electrons. The molecule has 3 aliphatic rings. The minimum absolute atomic E-state index is 0.0156. The van der Waals surface area contributed by atoms with Crippen molar-refractivity contribution in [3.05, 3.63) is 71.6 Å². The van der Waals surface area contributed by atoms with E-state index >= 15 is 0 Å². The Hall–Kier alpha value is -5.43. The van der Waals surface area contributed by atoms with Crippen molar-refractivity contribution in [1.29, 1.82) is 5.41 Å². The molecule has 5 N–H and O–H groups in total. The third-order valence-electron chi connectivity index (χ3n) is 7.26. The number of carbonyl (C=O) groups is 4. The van der Waals surface area contributed by atoms with Gasteiger partial charge >= 0.3 is 5.97 Å². The van der Waals surface area contributed by atoms with Gasteiger partial charge < -0.3 is 29.7 Å². The number of nitrogen functional groups attached to an aromatic ring is 1. The molecule has 0 saturated carbocycles. The van der Waals surface area contributed by atoms with Crippen LogP contribution in [0.5, 0.6) is 0 Å². The van der Waals surface area contributed by atoms with Crippen LogP contribution < -0.4 is 16.4 Å². The number of nitrogens with two attached hydrogens (primary N) is 1. The molecular formula is C31H28N4O12S2-2. The lowest BCUT2D eigenvalue weighted by atomic mass is 9.90. The van der Waals surface area contributed by atoms with Gasteiger partial charge in [0.25, 0.3) is 11.8 Å². The average Bonchev–Trinajstić information content (AvgIpc) is 3.32. The van der Waals surface area contributed by atoms with Crippen LogP contribution in [-0.2, 0) is 34.6 Å². The molecule has 0 saturated heterocycles. The number of rotatable bonds is 10. The van der Waals surface area contributed by atoms with Crippen LogP contribution in [0.2, 0.25) is 0 Å². The first-order chi connectivity index (χ1) is 22.9. The molecule has 2 aromatic rings. The van der Waals surface area contributed by atoms with Gasteiger partial charge in [0, 0.05) is 48.7 Å². The third-order valence-corrected chi connectivity index (χ3v) is 9.08.